The van der Waals surface area contributed by atoms with Crippen LogP contribution in [0, 0.1) is 5.92 Å². The molecule has 1 aliphatic heterocycles. The van der Waals surface area contributed by atoms with Gasteiger partial charge in [0.15, 0.2) is 0 Å². The molecule has 0 atom stereocenters. The van der Waals surface area contributed by atoms with Gasteiger partial charge in [-0.2, -0.15) is 0 Å². The normalized spacial score (nSPS) is 21.2. The number of carbonyl (C=O) groups is 2. The number of esters is 2. The van der Waals surface area contributed by atoms with Gasteiger partial charge in [0.2, 0.25) is 0 Å². The van der Waals surface area contributed by atoms with E-state index in [0.29, 0.717) is 26.1 Å². The van der Waals surface area contributed by atoms with Gasteiger partial charge in [-0.3, -0.25) is 9.59 Å². The van der Waals surface area contributed by atoms with Gasteiger partial charge in [-0.1, -0.05) is 30.3 Å². The smallest absolute Gasteiger partial charge is 0.320 e. The van der Waals surface area contributed by atoms with Crippen molar-refractivity contribution < 1.29 is 23.8 Å². The van der Waals surface area contributed by atoms with Crippen molar-refractivity contribution in [3.63, 3.8) is 0 Å². The largest absolute Gasteiger partial charge is 0.422 e. The fraction of sp³-hybridized carbons (Fsp3) is 0.467. The molecule has 1 aromatic carbocycles. The summed E-state index contributed by atoms with van der Waals surface area (Å²) >= 11 is 0. The highest BCUT2D eigenvalue weighted by Crippen LogP contribution is 2.44. The zero-order chi connectivity index (χ0) is 14.0. The molecular weight excluding hydrogens is 260 g/mol. The molecule has 2 fully saturated rings. The van der Waals surface area contributed by atoms with Crippen molar-refractivity contribution >= 4 is 11.9 Å². The van der Waals surface area contributed by atoms with Gasteiger partial charge in [-0.05, 0) is 11.5 Å². The van der Waals surface area contributed by atoms with E-state index >= 15 is 0 Å². The van der Waals surface area contributed by atoms with E-state index in [9.17, 15) is 9.59 Å². The van der Waals surface area contributed by atoms with Crippen LogP contribution in [0.4, 0.5) is 0 Å². The molecule has 2 aliphatic rings. The average molecular weight is 276 g/mol. The number of benzene rings is 1. The molecule has 0 N–H and O–H groups in total. The molecule has 1 spiro atoms. The predicted octanol–water partition coefficient (Wildman–Crippen LogP) is 1.80. The average Bonchev–Trinajstić information content (AvgIpc) is 2.37. The second kappa shape index (κ2) is 5.25. The first kappa shape index (κ1) is 13.1. The van der Waals surface area contributed by atoms with Crippen molar-refractivity contribution in [1.82, 2.24) is 0 Å². The predicted molar refractivity (Wildman–Crippen MR) is 68.4 cm³/mol. The number of hydrogen-bond acceptors (Lipinski definition) is 5. The van der Waals surface area contributed by atoms with Gasteiger partial charge >= 0.3 is 11.9 Å². The molecule has 0 amide bonds. The molecule has 0 unspecified atom stereocenters. The molecule has 20 heavy (non-hydrogen) atoms. The maximum absolute atomic E-state index is 11.2. The molecule has 106 valence electrons. The van der Waals surface area contributed by atoms with Gasteiger partial charge < -0.3 is 14.2 Å². The van der Waals surface area contributed by atoms with E-state index in [4.69, 9.17) is 14.2 Å². The van der Waals surface area contributed by atoms with Crippen LogP contribution in [0.2, 0.25) is 0 Å². The van der Waals surface area contributed by atoms with Crippen molar-refractivity contribution in [2.45, 2.75) is 31.7 Å². The molecule has 1 saturated carbocycles. The summed E-state index contributed by atoms with van der Waals surface area (Å²) in [5, 5.41) is 0. The third-order valence-electron chi connectivity index (χ3n) is 3.55. The van der Waals surface area contributed by atoms with Crippen LogP contribution in [0.1, 0.15) is 24.8 Å². The molecule has 1 aliphatic carbocycles. The first-order valence-corrected chi connectivity index (χ1v) is 6.71. The number of rotatable bonds is 4. The van der Waals surface area contributed by atoms with Crippen LogP contribution in [-0.2, 0) is 30.4 Å². The van der Waals surface area contributed by atoms with Crippen LogP contribution in [0.5, 0.6) is 0 Å². The Morgan fingerprint density at radius 2 is 1.75 bits per heavy atom. The minimum Gasteiger partial charge on any atom is -0.422 e. The number of carbonyl (C=O) groups excluding carboxylic acids is 2. The van der Waals surface area contributed by atoms with Crippen molar-refractivity contribution in [2.75, 3.05) is 6.61 Å². The minimum absolute atomic E-state index is 0.261. The first-order chi connectivity index (χ1) is 9.65. The molecule has 1 saturated heterocycles. The van der Waals surface area contributed by atoms with Gasteiger partial charge in [0, 0.05) is 12.8 Å². The Morgan fingerprint density at radius 3 is 2.40 bits per heavy atom. The Balaban J connectivity index is 1.42. The van der Waals surface area contributed by atoms with Crippen molar-refractivity contribution in [3.05, 3.63) is 35.9 Å². The molecule has 1 aromatic rings. The molecule has 0 bridgehead atoms. The molecule has 0 radical (unpaired) electrons. The van der Waals surface area contributed by atoms with Crippen LogP contribution in [0.25, 0.3) is 0 Å². The summed E-state index contributed by atoms with van der Waals surface area (Å²) in [5.41, 5.74) is 1.12. The molecule has 5 nitrogen and oxygen atoms in total. The lowest BCUT2D eigenvalue weighted by Gasteiger charge is -2.46. The van der Waals surface area contributed by atoms with E-state index in [2.05, 4.69) is 0 Å². The zero-order valence-corrected chi connectivity index (χ0v) is 11.0. The monoisotopic (exact) mass is 276 g/mol. The fourth-order valence-electron chi connectivity index (χ4n) is 2.65. The zero-order valence-electron chi connectivity index (χ0n) is 11.0. The van der Waals surface area contributed by atoms with Crippen molar-refractivity contribution in [1.29, 1.82) is 0 Å². The highest BCUT2D eigenvalue weighted by atomic mass is 16.7. The summed E-state index contributed by atoms with van der Waals surface area (Å²) in [6.45, 7) is 1.13. The van der Waals surface area contributed by atoms with Crippen molar-refractivity contribution in [2.24, 2.45) is 5.92 Å². The second-order valence-corrected chi connectivity index (χ2v) is 5.31. The standard InChI is InChI=1S/C15H16O5/c16-13-6-14(17)20-15(19-13)7-12(8-15)10-18-9-11-4-2-1-3-5-11/h1-5,12H,6-10H2. The first-order valence-electron chi connectivity index (χ1n) is 6.71. The summed E-state index contributed by atoms with van der Waals surface area (Å²) in [4.78, 5) is 22.5. The topological polar surface area (TPSA) is 61.8 Å². The highest BCUT2D eigenvalue weighted by molar-refractivity contribution is 5.93. The third-order valence-corrected chi connectivity index (χ3v) is 3.55. The molecular formula is C15H16O5. The quantitative estimate of drug-likeness (QED) is 0.620. The number of hydrogen-bond donors (Lipinski definition) is 0. The maximum Gasteiger partial charge on any atom is 0.320 e. The SMILES string of the molecule is O=C1CC(=O)OC2(CC(COCc3ccccc3)C2)O1. The Hall–Kier alpha value is -1.88. The van der Waals surface area contributed by atoms with E-state index < -0.39 is 17.7 Å². The third kappa shape index (κ3) is 2.82. The van der Waals surface area contributed by atoms with Crippen LogP contribution in [0.3, 0.4) is 0 Å². The number of ether oxygens (including phenoxy) is 3. The summed E-state index contributed by atoms with van der Waals surface area (Å²) in [7, 11) is 0. The summed E-state index contributed by atoms with van der Waals surface area (Å²) < 4.78 is 15.9. The molecule has 5 heteroatoms. The molecule has 1 heterocycles. The molecule has 0 aromatic heterocycles. The van der Waals surface area contributed by atoms with E-state index in [1.54, 1.807) is 0 Å². The van der Waals surface area contributed by atoms with Crippen LogP contribution in [0.15, 0.2) is 30.3 Å². The minimum atomic E-state index is -1.01. The Kier molecular flexibility index (Phi) is 3.44. The second-order valence-electron chi connectivity index (χ2n) is 5.31. The maximum atomic E-state index is 11.2. The van der Waals surface area contributed by atoms with Crippen LogP contribution in [-0.4, -0.2) is 24.3 Å². The van der Waals surface area contributed by atoms with Crippen molar-refractivity contribution in [3.8, 4) is 0 Å². The summed E-state index contributed by atoms with van der Waals surface area (Å²) in [6, 6.07) is 9.92. The Labute approximate surface area is 116 Å². The van der Waals surface area contributed by atoms with E-state index in [0.717, 1.165) is 5.56 Å². The van der Waals surface area contributed by atoms with Gasteiger partial charge in [0.25, 0.3) is 5.79 Å². The highest BCUT2D eigenvalue weighted by Gasteiger charge is 2.53. The molecule has 3 rings (SSSR count). The van der Waals surface area contributed by atoms with Gasteiger partial charge in [0.1, 0.15) is 6.42 Å². The lowest BCUT2D eigenvalue weighted by molar-refractivity contribution is -0.285. The lowest BCUT2D eigenvalue weighted by atomic mass is 9.79. The van der Waals surface area contributed by atoms with Gasteiger partial charge in [-0.15, -0.1) is 0 Å². The van der Waals surface area contributed by atoms with Crippen LogP contribution < -0.4 is 0 Å². The van der Waals surface area contributed by atoms with Gasteiger partial charge in [-0.25, -0.2) is 0 Å². The summed E-state index contributed by atoms with van der Waals surface area (Å²) in [6.07, 6.45) is 0.773. The van der Waals surface area contributed by atoms with Gasteiger partial charge in [0.05, 0.1) is 13.2 Å². The fourth-order valence-corrected chi connectivity index (χ4v) is 2.65. The van der Waals surface area contributed by atoms with E-state index in [1.807, 2.05) is 30.3 Å². The lowest BCUT2D eigenvalue weighted by Crippen LogP contribution is -2.55. The van der Waals surface area contributed by atoms with E-state index in [1.165, 1.54) is 0 Å². The van der Waals surface area contributed by atoms with E-state index in [-0.39, 0.29) is 12.3 Å². The van der Waals surface area contributed by atoms with Crippen LogP contribution >= 0.6 is 0 Å². The summed E-state index contributed by atoms with van der Waals surface area (Å²) in [5.74, 6) is -1.74. The Morgan fingerprint density at radius 1 is 1.10 bits per heavy atom. The Bertz CT molecular complexity index is 486.